The third kappa shape index (κ3) is 6.36. The minimum Gasteiger partial charge on any atom is -0.480 e. The van der Waals surface area contributed by atoms with E-state index >= 15 is 0 Å². The van der Waals surface area contributed by atoms with Crippen LogP contribution in [0.1, 0.15) is 53.9 Å². The number of rotatable bonds is 6. The van der Waals surface area contributed by atoms with Crippen LogP contribution in [-0.4, -0.2) is 58.0 Å². The Morgan fingerprint density at radius 2 is 1.84 bits per heavy atom. The number of likely N-dealkylation sites (tertiary alicyclic amines) is 1. The molecule has 0 aromatic rings. The van der Waals surface area contributed by atoms with Crippen molar-refractivity contribution in [2.75, 3.05) is 6.54 Å². The van der Waals surface area contributed by atoms with Crippen molar-refractivity contribution in [2.24, 2.45) is 5.92 Å². The summed E-state index contributed by atoms with van der Waals surface area (Å²) in [5.41, 5.74) is -0.669. The Labute approximate surface area is 147 Å². The summed E-state index contributed by atoms with van der Waals surface area (Å²) >= 11 is 0. The summed E-state index contributed by atoms with van der Waals surface area (Å²) in [6.45, 7) is 8.66. The number of nitrogens with one attached hydrogen (secondary N) is 1. The van der Waals surface area contributed by atoms with Crippen molar-refractivity contribution >= 4 is 23.8 Å². The summed E-state index contributed by atoms with van der Waals surface area (Å²) in [5.74, 6) is -2.32. The number of aliphatic carboxylic acids is 1. The Bertz CT molecular complexity index is 540. The van der Waals surface area contributed by atoms with E-state index < -0.39 is 35.7 Å². The molecule has 1 fully saturated rings. The fourth-order valence-electron chi connectivity index (χ4n) is 2.70. The summed E-state index contributed by atoms with van der Waals surface area (Å²) in [4.78, 5) is 48.9. The van der Waals surface area contributed by atoms with Crippen LogP contribution >= 0.6 is 0 Å². The molecular formula is C17H28N2O6. The van der Waals surface area contributed by atoms with E-state index in [0.717, 1.165) is 0 Å². The number of carbonyl (C=O) groups excluding carboxylic acids is 3. The molecule has 0 bridgehead atoms. The third-order valence-corrected chi connectivity index (χ3v) is 3.97. The lowest BCUT2D eigenvalue weighted by Crippen LogP contribution is -2.45. The molecule has 1 aliphatic heterocycles. The van der Waals surface area contributed by atoms with Gasteiger partial charge in [0.15, 0.2) is 5.78 Å². The number of alkyl carbamates (subject to hydrolysis) is 1. The summed E-state index contributed by atoms with van der Waals surface area (Å²) in [5, 5.41) is 11.6. The molecule has 8 heteroatoms. The van der Waals surface area contributed by atoms with Crippen LogP contribution in [0.3, 0.4) is 0 Å². The number of hydrogen-bond donors (Lipinski definition) is 2. The molecule has 0 aromatic carbocycles. The summed E-state index contributed by atoms with van der Waals surface area (Å²) in [7, 11) is 0. The second kappa shape index (κ2) is 8.31. The number of carboxylic acids is 1. The number of amides is 2. The molecule has 1 heterocycles. The average molecular weight is 356 g/mol. The largest absolute Gasteiger partial charge is 0.480 e. The smallest absolute Gasteiger partial charge is 0.408 e. The van der Waals surface area contributed by atoms with Crippen molar-refractivity contribution in [2.45, 2.75) is 71.6 Å². The first-order chi connectivity index (χ1) is 11.4. The molecule has 1 aliphatic rings. The molecule has 0 aliphatic carbocycles. The summed E-state index contributed by atoms with van der Waals surface area (Å²) in [6, 6.07) is -1.61. The lowest BCUT2D eigenvalue weighted by Gasteiger charge is -2.25. The van der Waals surface area contributed by atoms with Crippen molar-refractivity contribution in [1.29, 1.82) is 0 Å². The molecule has 8 nitrogen and oxygen atoms in total. The Kier molecular flexibility index (Phi) is 6.96. The van der Waals surface area contributed by atoms with E-state index in [1.165, 1.54) is 11.8 Å². The van der Waals surface area contributed by atoms with Gasteiger partial charge in [0.2, 0.25) is 5.91 Å². The maximum absolute atomic E-state index is 12.4. The van der Waals surface area contributed by atoms with Gasteiger partial charge in [0.05, 0.1) is 6.04 Å². The topological polar surface area (TPSA) is 113 Å². The molecule has 142 valence electrons. The van der Waals surface area contributed by atoms with Crippen molar-refractivity contribution in [3.8, 4) is 0 Å². The van der Waals surface area contributed by atoms with Crippen LogP contribution in [-0.2, 0) is 19.1 Å². The van der Waals surface area contributed by atoms with Gasteiger partial charge in [-0.1, -0.05) is 6.92 Å². The Morgan fingerprint density at radius 1 is 1.24 bits per heavy atom. The Morgan fingerprint density at radius 3 is 2.36 bits per heavy atom. The normalized spacial score (nSPS) is 19.9. The van der Waals surface area contributed by atoms with Crippen molar-refractivity contribution in [3.05, 3.63) is 0 Å². The van der Waals surface area contributed by atoms with Crippen molar-refractivity contribution in [1.82, 2.24) is 10.2 Å². The van der Waals surface area contributed by atoms with Crippen LogP contribution in [0.5, 0.6) is 0 Å². The average Bonchev–Trinajstić information content (AvgIpc) is 2.93. The van der Waals surface area contributed by atoms with Crippen molar-refractivity contribution in [3.63, 3.8) is 0 Å². The number of ketones is 1. The lowest BCUT2D eigenvalue weighted by molar-refractivity contribution is -0.150. The molecule has 0 spiro atoms. The first-order valence-electron chi connectivity index (χ1n) is 8.48. The van der Waals surface area contributed by atoms with Gasteiger partial charge in [-0.15, -0.1) is 0 Å². The van der Waals surface area contributed by atoms with E-state index in [9.17, 15) is 19.2 Å². The zero-order chi connectivity index (χ0) is 19.4. The molecule has 0 radical (unpaired) electrons. The highest BCUT2D eigenvalue weighted by Gasteiger charge is 2.36. The fraction of sp³-hybridized carbons (Fsp3) is 0.765. The minimum atomic E-state index is -1.02. The van der Waals surface area contributed by atoms with Crippen LogP contribution in [0.25, 0.3) is 0 Å². The van der Waals surface area contributed by atoms with Crippen LogP contribution in [0.4, 0.5) is 4.79 Å². The zero-order valence-corrected chi connectivity index (χ0v) is 15.5. The highest BCUT2D eigenvalue weighted by atomic mass is 16.6. The second-order valence-corrected chi connectivity index (χ2v) is 7.47. The van der Waals surface area contributed by atoms with Gasteiger partial charge in [-0.05, 0) is 40.5 Å². The number of carboxylic acid groups (broad SMARTS) is 1. The molecular weight excluding hydrogens is 328 g/mol. The molecule has 2 amide bonds. The van der Waals surface area contributed by atoms with E-state index in [0.29, 0.717) is 19.4 Å². The number of hydrogen-bond acceptors (Lipinski definition) is 5. The van der Waals surface area contributed by atoms with E-state index in [4.69, 9.17) is 9.84 Å². The predicted octanol–water partition coefficient (Wildman–Crippen LogP) is 1.57. The molecule has 25 heavy (non-hydrogen) atoms. The maximum Gasteiger partial charge on any atom is 0.408 e. The van der Waals surface area contributed by atoms with Crippen LogP contribution < -0.4 is 5.32 Å². The van der Waals surface area contributed by atoms with Crippen LogP contribution in [0.15, 0.2) is 0 Å². The van der Waals surface area contributed by atoms with Crippen LogP contribution in [0, 0.1) is 5.92 Å². The molecule has 1 rings (SSSR count). The van der Waals surface area contributed by atoms with Gasteiger partial charge in [-0.3, -0.25) is 9.59 Å². The highest BCUT2D eigenvalue weighted by Crippen LogP contribution is 2.21. The molecule has 3 atom stereocenters. The van der Waals surface area contributed by atoms with E-state index in [1.54, 1.807) is 27.7 Å². The van der Waals surface area contributed by atoms with E-state index in [2.05, 4.69) is 5.32 Å². The van der Waals surface area contributed by atoms with Gasteiger partial charge in [0.25, 0.3) is 0 Å². The first kappa shape index (κ1) is 20.9. The van der Waals surface area contributed by atoms with Gasteiger partial charge >= 0.3 is 12.1 Å². The first-order valence-corrected chi connectivity index (χ1v) is 8.48. The molecule has 1 saturated heterocycles. The monoisotopic (exact) mass is 356 g/mol. The van der Waals surface area contributed by atoms with Crippen LogP contribution in [0.2, 0.25) is 0 Å². The molecule has 0 saturated carbocycles. The Hall–Kier alpha value is -2.12. The Balaban J connectivity index is 2.56. The van der Waals surface area contributed by atoms with Gasteiger partial charge in [0.1, 0.15) is 11.6 Å². The number of ether oxygens (including phenoxy) is 1. The molecule has 0 unspecified atom stereocenters. The number of Topliss-reactive ketones (excluding diaryl/α,β-unsaturated/α-hetero) is 1. The van der Waals surface area contributed by atoms with E-state index in [-0.39, 0.29) is 18.1 Å². The predicted molar refractivity (Wildman–Crippen MR) is 90.0 cm³/mol. The molecule has 0 aromatic heterocycles. The number of carbonyl (C=O) groups is 4. The van der Waals surface area contributed by atoms with Gasteiger partial charge < -0.3 is 20.1 Å². The SMILES string of the molecule is C[C@H](CC(=O)[C@@H](C)NC(=O)OC(C)(C)C)C(=O)N1CCC[C@H]1C(=O)O. The summed E-state index contributed by atoms with van der Waals surface area (Å²) < 4.78 is 5.09. The van der Waals surface area contributed by atoms with Gasteiger partial charge in [-0.2, -0.15) is 0 Å². The summed E-state index contributed by atoms with van der Waals surface area (Å²) in [6.07, 6.45) is 0.301. The lowest BCUT2D eigenvalue weighted by atomic mass is 9.99. The number of nitrogens with zero attached hydrogens (tertiary/aromatic N) is 1. The zero-order valence-electron chi connectivity index (χ0n) is 15.5. The quantitative estimate of drug-likeness (QED) is 0.747. The third-order valence-electron chi connectivity index (χ3n) is 3.97. The highest BCUT2D eigenvalue weighted by molar-refractivity contribution is 5.92. The van der Waals surface area contributed by atoms with Gasteiger partial charge in [-0.25, -0.2) is 9.59 Å². The van der Waals surface area contributed by atoms with Gasteiger partial charge in [0, 0.05) is 18.9 Å². The minimum absolute atomic E-state index is 0.0708. The maximum atomic E-state index is 12.4. The van der Waals surface area contributed by atoms with Crippen molar-refractivity contribution < 1.29 is 29.0 Å². The second-order valence-electron chi connectivity index (χ2n) is 7.47. The standard InChI is InChI=1S/C17H28N2O6/c1-10(14(21)19-8-6-7-12(19)15(22)23)9-13(20)11(2)18-16(24)25-17(3,4)5/h10-12H,6-9H2,1-5H3,(H,18,24)(H,22,23)/t10-,11-,12+/m1/s1. The fourth-order valence-corrected chi connectivity index (χ4v) is 2.70. The molecule has 2 N–H and O–H groups in total. The van der Waals surface area contributed by atoms with E-state index in [1.807, 2.05) is 0 Å².